The number of carbonyl (C=O) groups excluding carboxylic acids is 1. The smallest absolute Gasteiger partial charge is 0.317 e. The van der Waals surface area contributed by atoms with E-state index in [0.29, 0.717) is 31.0 Å². The summed E-state index contributed by atoms with van der Waals surface area (Å²) in [5, 5.41) is 2.98. The molecule has 1 aliphatic rings. The number of carbonyl (C=O) groups is 1. The van der Waals surface area contributed by atoms with Crippen LogP contribution in [0.3, 0.4) is 0 Å². The number of allylic oxidation sites excluding steroid dienone is 1. The van der Waals surface area contributed by atoms with Gasteiger partial charge in [0.25, 0.3) is 0 Å². The lowest BCUT2D eigenvalue weighted by atomic mass is 10.1. The molecular formula is C19H28N2O4. The summed E-state index contributed by atoms with van der Waals surface area (Å²) in [6.07, 6.45) is 4.58. The minimum absolute atomic E-state index is 0.0678. The van der Waals surface area contributed by atoms with Gasteiger partial charge in [-0.3, -0.25) is 0 Å². The minimum Gasteiger partial charge on any atom is -0.493 e. The average Bonchev–Trinajstić information content (AvgIpc) is 2.65. The number of rotatable bonds is 7. The molecule has 1 aromatic rings. The highest BCUT2D eigenvalue weighted by Crippen LogP contribution is 2.33. The maximum atomic E-state index is 12.4. The molecular weight excluding hydrogens is 320 g/mol. The summed E-state index contributed by atoms with van der Waals surface area (Å²) < 4.78 is 16.2. The van der Waals surface area contributed by atoms with Crippen LogP contribution in [0, 0.1) is 0 Å². The number of likely N-dealkylation sites (tertiary alicyclic amines) is 1. The fourth-order valence-corrected chi connectivity index (χ4v) is 3.12. The molecule has 1 heterocycles. The summed E-state index contributed by atoms with van der Waals surface area (Å²) in [5.41, 5.74) is 1.95. The molecule has 25 heavy (non-hydrogen) atoms. The molecule has 2 amide bonds. The van der Waals surface area contributed by atoms with Crippen molar-refractivity contribution >= 4 is 6.03 Å². The van der Waals surface area contributed by atoms with Crippen molar-refractivity contribution in [2.75, 3.05) is 34.4 Å². The third kappa shape index (κ3) is 4.89. The van der Waals surface area contributed by atoms with Crippen molar-refractivity contribution in [3.05, 3.63) is 35.9 Å². The number of piperidine rings is 1. The monoisotopic (exact) mass is 348 g/mol. The molecule has 1 unspecified atom stereocenters. The van der Waals surface area contributed by atoms with Crippen LogP contribution in [0.15, 0.2) is 24.8 Å². The number of hydrogen-bond acceptors (Lipinski definition) is 4. The van der Waals surface area contributed by atoms with Gasteiger partial charge >= 0.3 is 6.03 Å². The number of methoxy groups -OCH3 is 3. The molecule has 1 aromatic carbocycles. The van der Waals surface area contributed by atoms with Gasteiger partial charge in [0.1, 0.15) is 0 Å². The Morgan fingerprint density at radius 1 is 1.36 bits per heavy atom. The largest absolute Gasteiger partial charge is 0.493 e. The van der Waals surface area contributed by atoms with E-state index < -0.39 is 0 Å². The number of ether oxygens (including phenoxy) is 3. The highest BCUT2D eigenvalue weighted by molar-refractivity contribution is 5.74. The molecule has 0 spiro atoms. The van der Waals surface area contributed by atoms with Crippen LogP contribution in [0.25, 0.3) is 0 Å². The van der Waals surface area contributed by atoms with E-state index in [1.165, 1.54) is 0 Å². The normalized spacial score (nSPS) is 17.1. The standard InChI is InChI=1S/C19H28N2O4/c1-5-7-15-10-14(11-17(24-3)18(15)25-4)12-20-19(22)21-9-6-8-16(13-21)23-2/h5,10-11,16H,1,6-9,12-13H2,2-4H3,(H,20,22). The maximum Gasteiger partial charge on any atom is 0.317 e. The van der Waals surface area contributed by atoms with Crippen LogP contribution in [0.1, 0.15) is 24.0 Å². The molecule has 1 saturated heterocycles. The van der Waals surface area contributed by atoms with Crippen molar-refractivity contribution in [1.29, 1.82) is 0 Å². The maximum absolute atomic E-state index is 12.4. The van der Waals surface area contributed by atoms with Gasteiger partial charge in [-0.1, -0.05) is 6.08 Å². The lowest BCUT2D eigenvalue weighted by molar-refractivity contribution is 0.0434. The molecule has 1 aliphatic heterocycles. The second kappa shape index (κ2) is 9.32. The topological polar surface area (TPSA) is 60.0 Å². The van der Waals surface area contributed by atoms with E-state index in [2.05, 4.69) is 11.9 Å². The van der Waals surface area contributed by atoms with Gasteiger partial charge in [-0.15, -0.1) is 6.58 Å². The third-order valence-electron chi connectivity index (χ3n) is 4.42. The molecule has 6 heteroatoms. The van der Waals surface area contributed by atoms with E-state index >= 15 is 0 Å². The summed E-state index contributed by atoms with van der Waals surface area (Å²) in [6.45, 7) is 5.61. The molecule has 0 aromatic heterocycles. The Balaban J connectivity index is 2.05. The van der Waals surface area contributed by atoms with E-state index in [4.69, 9.17) is 14.2 Å². The molecule has 1 fully saturated rings. The van der Waals surface area contributed by atoms with Crippen LogP contribution in [0.2, 0.25) is 0 Å². The highest BCUT2D eigenvalue weighted by Gasteiger charge is 2.23. The van der Waals surface area contributed by atoms with Crippen LogP contribution < -0.4 is 14.8 Å². The Bertz CT molecular complexity index is 603. The second-order valence-corrected chi connectivity index (χ2v) is 6.09. The van der Waals surface area contributed by atoms with Crippen LogP contribution in [0.5, 0.6) is 11.5 Å². The zero-order valence-electron chi connectivity index (χ0n) is 15.3. The van der Waals surface area contributed by atoms with Gasteiger partial charge in [-0.25, -0.2) is 4.79 Å². The Morgan fingerprint density at radius 2 is 2.16 bits per heavy atom. The Morgan fingerprint density at radius 3 is 2.80 bits per heavy atom. The first-order chi connectivity index (χ1) is 12.1. The van der Waals surface area contributed by atoms with Crippen LogP contribution in [-0.4, -0.2) is 51.5 Å². The van der Waals surface area contributed by atoms with Crippen molar-refractivity contribution in [2.45, 2.75) is 31.9 Å². The number of urea groups is 1. The van der Waals surface area contributed by atoms with Gasteiger partial charge in [0, 0.05) is 32.3 Å². The summed E-state index contributed by atoms with van der Waals surface area (Å²) in [4.78, 5) is 14.2. The van der Waals surface area contributed by atoms with E-state index in [0.717, 1.165) is 30.5 Å². The van der Waals surface area contributed by atoms with Crippen LogP contribution in [0.4, 0.5) is 4.79 Å². The van der Waals surface area contributed by atoms with E-state index in [1.54, 1.807) is 21.3 Å². The van der Waals surface area contributed by atoms with Crippen molar-refractivity contribution in [2.24, 2.45) is 0 Å². The molecule has 0 saturated carbocycles. The van der Waals surface area contributed by atoms with Crippen LogP contribution >= 0.6 is 0 Å². The van der Waals surface area contributed by atoms with Crippen molar-refractivity contribution in [3.8, 4) is 11.5 Å². The molecule has 0 aliphatic carbocycles. The fourth-order valence-electron chi connectivity index (χ4n) is 3.12. The van der Waals surface area contributed by atoms with Crippen LogP contribution in [-0.2, 0) is 17.7 Å². The quantitative estimate of drug-likeness (QED) is 0.770. The summed E-state index contributed by atoms with van der Waals surface area (Å²) in [5.74, 6) is 1.36. The number of amides is 2. The first-order valence-corrected chi connectivity index (χ1v) is 8.53. The first-order valence-electron chi connectivity index (χ1n) is 8.53. The average molecular weight is 348 g/mol. The highest BCUT2D eigenvalue weighted by atomic mass is 16.5. The number of benzene rings is 1. The zero-order chi connectivity index (χ0) is 18.2. The predicted molar refractivity (Wildman–Crippen MR) is 97.3 cm³/mol. The van der Waals surface area contributed by atoms with Gasteiger partial charge in [-0.2, -0.15) is 0 Å². The lowest BCUT2D eigenvalue weighted by Gasteiger charge is -2.32. The van der Waals surface area contributed by atoms with Gasteiger partial charge in [0.15, 0.2) is 11.5 Å². The van der Waals surface area contributed by atoms with Gasteiger partial charge in [0.05, 0.1) is 20.3 Å². The van der Waals surface area contributed by atoms with Crippen molar-refractivity contribution in [3.63, 3.8) is 0 Å². The molecule has 1 N–H and O–H groups in total. The van der Waals surface area contributed by atoms with Gasteiger partial charge in [-0.05, 0) is 37.0 Å². The van der Waals surface area contributed by atoms with E-state index in [9.17, 15) is 4.79 Å². The Labute approximate surface area is 149 Å². The molecule has 138 valence electrons. The van der Waals surface area contributed by atoms with Crippen molar-refractivity contribution in [1.82, 2.24) is 10.2 Å². The summed E-state index contributed by atoms with van der Waals surface area (Å²) >= 11 is 0. The number of nitrogens with zero attached hydrogens (tertiary/aromatic N) is 1. The first kappa shape index (κ1) is 19.1. The molecule has 0 radical (unpaired) electrons. The number of hydrogen-bond donors (Lipinski definition) is 1. The van der Waals surface area contributed by atoms with Gasteiger partial charge < -0.3 is 24.4 Å². The van der Waals surface area contributed by atoms with Gasteiger partial charge in [0.2, 0.25) is 0 Å². The number of nitrogens with one attached hydrogen (secondary N) is 1. The third-order valence-corrected chi connectivity index (χ3v) is 4.42. The fraction of sp³-hybridized carbons (Fsp3) is 0.526. The van der Waals surface area contributed by atoms with E-state index in [1.807, 2.05) is 23.1 Å². The van der Waals surface area contributed by atoms with Crippen molar-refractivity contribution < 1.29 is 19.0 Å². The SMILES string of the molecule is C=CCc1cc(CNC(=O)N2CCCC(OC)C2)cc(OC)c1OC. The summed E-state index contributed by atoms with van der Waals surface area (Å²) in [7, 11) is 4.92. The Kier molecular flexibility index (Phi) is 7.13. The molecule has 1 atom stereocenters. The minimum atomic E-state index is -0.0678. The Hall–Kier alpha value is -2.21. The predicted octanol–water partition coefficient (Wildman–Crippen LogP) is 2.75. The van der Waals surface area contributed by atoms with E-state index in [-0.39, 0.29) is 12.1 Å². The molecule has 6 nitrogen and oxygen atoms in total. The zero-order valence-corrected chi connectivity index (χ0v) is 15.3. The molecule has 2 rings (SSSR count). The lowest BCUT2D eigenvalue weighted by Crippen LogP contribution is -2.47. The molecule has 0 bridgehead atoms. The second-order valence-electron chi connectivity index (χ2n) is 6.09. The summed E-state index contributed by atoms with van der Waals surface area (Å²) in [6, 6.07) is 3.83.